The Kier molecular flexibility index (Phi) is 3.15. The van der Waals surface area contributed by atoms with E-state index in [-0.39, 0.29) is 4.75 Å². The minimum absolute atomic E-state index is 0.317. The summed E-state index contributed by atoms with van der Waals surface area (Å²) in [5, 5.41) is 1.10. The van der Waals surface area contributed by atoms with Gasteiger partial charge in [0, 0.05) is 28.9 Å². The monoisotopic (exact) mass is 248 g/mol. The summed E-state index contributed by atoms with van der Waals surface area (Å²) in [7, 11) is -1.21. The molecule has 0 aliphatic rings. The second-order valence-electron chi connectivity index (χ2n) is 4.89. The van der Waals surface area contributed by atoms with Crippen molar-refractivity contribution < 1.29 is 4.21 Å². The van der Waals surface area contributed by atoms with Crippen LogP contribution in [-0.4, -0.2) is 20.2 Å². The third-order valence-electron chi connectivity index (χ3n) is 2.43. The van der Waals surface area contributed by atoms with Crippen molar-refractivity contribution in [3.63, 3.8) is 0 Å². The van der Waals surface area contributed by atoms with Crippen molar-refractivity contribution in [1.82, 2.24) is 4.98 Å². The summed E-state index contributed by atoms with van der Waals surface area (Å²) >= 11 is 0. The molecule has 0 saturated carbocycles. The Morgan fingerprint density at radius 1 is 1.29 bits per heavy atom. The molecule has 1 N–H and O–H groups in total. The van der Waals surface area contributed by atoms with Gasteiger partial charge in [0.1, 0.15) is 11.0 Å². The molecule has 4 heteroatoms. The maximum atomic E-state index is 11.8. The molecule has 0 bridgehead atoms. The van der Waals surface area contributed by atoms with Gasteiger partial charge in [0.2, 0.25) is 0 Å². The molecule has 90 valence electrons. The number of hydrogen-bond acceptors (Lipinski definition) is 1. The molecular formula is C13H16N2OS. The van der Waals surface area contributed by atoms with Crippen LogP contribution in [-0.2, 0) is 11.0 Å². The van der Waals surface area contributed by atoms with Gasteiger partial charge in [-0.3, -0.25) is 0 Å². The van der Waals surface area contributed by atoms with E-state index in [0.29, 0.717) is 0 Å². The van der Waals surface area contributed by atoms with Gasteiger partial charge in [-0.1, -0.05) is 18.2 Å². The number of nitrogens with zero attached hydrogens (tertiary/aromatic N) is 1. The molecule has 0 fully saturated rings. The van der Waals surface area contributed by atoms with Gasteiger partial charge in [0.05, 0.1) is 4.75 Å². The summed E-state index contributed by atoms with van der Waals surface area (Å²) < 4.78 is 15.6. The zero-order valence-corrected chi connectivity index (χ0v) is 11.0. The van der Waals surface area contributed by atoms with Crippen molar-refractivity contribution in [2.45, 2.75) is 25.5 Å². The molecule has 1 unspecified atom stereocenters. The van der Waals surface area contributed by atoms with Gasteiger partial charge in [-0.2, -0.15) is 4.40 Å². The summed E-state index contributed by atoms with van der Waals surface area (Å²) in [5.74, 6) is 0. The number of hydrogen-bond donors (Lipinski definition) is 1. The van der Waals surface area contributed by atoms with Crippen LogP contribution in [0.15, 0.2) is 34.9 Å². The first kappa shape index (κ1) is 12.0. The van der Waals surface area contributed by atoms with E-state index in [2.05, 4.69) is 9.38 Å². The van der Waals surface area contributed by atoms with E-state index < -0.39 is 11.0 Å². The number of nitrogens with one attached hydrogen (secondary N) is 1. The van der Waals surface area contributed by atoms with Crippen LogP contribution in [0.3, 0.4) is 0 Å². The van der Waals surface area contributed by atoms with E-state index in [1.165, 1.54) is 0 Å². The highest BCUT2D eigenvalue weighted by Gasteiger charge is 2.18. The van der Waals surface area contributed by atoms with Crippen molar-refractivity contribution in [3.8, 4) is 0 Å². The van der Waals surface area contributed by atoms with Crippen LogP contribution in [0.1, 0.15) is 26.3 Å². The van der Waals surface area contributed by atoms with Gasteiger partial charge in [-0.05, 0) is 26.8 Å². The molecule has 0 radical (unpaired) electrons. The molecule has 0 spiro atoms. The number of rotatable bonds is 2. The molecule has 2 aromatic rings. The fraction of sp³-hybridized carbons (Fsp3) is 0.308. The Morgan fingerprint density at radius 3 is 2.71 bits per heavy atom. The van der Waals surface area contributed by atoms with Crippen LogP contribution in [0, 0.1) is 0 Å². The first-order chi connectivity index (χ1) is 7.98. The molecule has 1 aromatic heterocycles. The molecule has 0 aliphatic carbocycles. The smallest absolute Gasteiger partial charge is 0.144 e. The van der Waals surface area contributed by atoms with Crippen LogP contribution in [0.25, 0.3) is 10.9 Å². The minimum atomic E-state index is -1.21. The topological polar surface area (TPSA) is 45.2 Å². The highest BCUT2D eigenvalue weighted by Crippen LogP contribution is 2.17. The highest BCUT2D eigenvalue weighted by molar-refractivity contribution is 7.85. The summed E-state index contributed by atoms with van der Waals surface area (Å²) in [6.45, 7) is 5.74. The Hall–Kier alpha value is -1.42. The van der Waals surface area contributed by atoms with Gasteiger partial charge in [0.15, 0.2) is 0 Å². The van der Waals surface area contributed by atoms with Gasteiger partial charge in [-0.25, -0.2) is 4.21 Å². The fourth-order valence-corrected chi connectivity index (χ4v) is 1.99. The van der Waals surface area contributed by atoms with Gasteiger partial charge >= 0.3 is 0 Å². The Bertz CT molecular complexity index is 578. The van der Waals surface area contributed by atoms with Crippen molar-refractivity contribution in [1.29, 1.82) is 0 Å². The number of aromatic nitrogens is 1. The first-order valence-corrected chi connectivity index (χ1v) is 6.61. The van der Waals surface area contributed by atoms with Gasteiger partial charge < -0.3 is 4.98 Å². The van der Waals surface area contributed by atoms with Gasteiger partial charge in [-0.15, -0.1) is 0 Å². The Labute approximate surface area is 104 Å². The van der Waals surface area contributed by atoms with Crippen molar-refractivity contribution in [2.75, 3.05) is 0 Å². The second kappa shape index (κ2) is 4.45. The lowest BCUT2D eigenvalue weighted by molar-refractivity contribution is 0.651. The summed E-state index contributed by atoms with van der Waals surface area (Å²) in [6.07, 6.45) is 3.56. The van der Waals surface area contributed by atoms with Crippen LogP contribution in [0.2, 0.25) is 0 Å². The molecule has 0 aliphatic heterocycles. The second-order valence-corrected chi connectivity index (χ2v) is 6.82. The van der Waals surface area contributed by atoms with E-state index >= 15 is 0 Å². The van der Waals surface area contributed by atoms with Crippen molar-refractivity contribution in [2.24, 2.45) is 4.40 Å². The van der Waals surface area contributed by atoms with Crippen LogP contribution in [0.4, 0.5) is 0 Å². The lowest BCUT2D eigenvalue weighted by Gasteiger charge is -2.12. The standard InChI is InChI=1S/C13H16N2OS/c1-13(2,3)17(16)15-9-10-8-14-12-7-5-4-6-11(10)12/h4-9,14H,1-3H3/b15-9-. The summed E-state index contributed by atoms with van der Waals surface area (Å²) in [5.41, 5.74) is 2.04. The Balaban J connectivity index is 2.31. The van der Waals surface area contributed by atoms with Crippen molar-refractivity contribution >= 4 is 28.1 Å². The summed E-state index contributed by atoms with van der Waals surface area (Å²) in [4.78, 5) is 3.16. The predicted molar refractivity (Wildman–Crippen MR) is 73.8 cm³/mol. The average molecular weight is 248 g/mol. The van der Waals surface area contributed by atoms with Gasteiger partial charge in [0.25, 0.3) is 0 Å². The fourth-order valence-electron chi connectivity index (χ4n) is 1.46. The SMILES string of the molecule is CC(C)(C)S(=O)/N=C\c1c[nH]c2ccccc12. The third kappa shape index (κ3) is 2.64. The molecule has 0 amide bonds. The van der Waals surface area contributed by atoms with Crippen LogP contribution < -0.4 is 0 Å². The Morgan fingerprint density at radius 2 is 2.00 bits per heavy atom. The zero-order chi connectivity index (χ0) is 12.5. The zero-order valence-electron chi connectivity index (χ0n) is 10.2. The van der Waals surface area contributed by atoms with E-state index in [9.17, 15) is 4.21 Å². The minimum Gasteiger partial charge on any atom is -0.361 e. The molecule has 1 atom stereocenters. The number of benzene rings is 1. The van der Waals surface area contributed by atoms with E-state index in [1.54, 1.807) is 6.21 Å². The molecule has 3 nitrogen and oxygen atoms in total. The number of fused-ring (bicyclic) bond motifs is 1. The average Bonchev–Trinajstić information content (AvgIpc) is 2.68. The third-order valence-corrected chi connectivity index (χ3v) is 3.78. The highest BCUT2D eigenvalue weighted by atomic mass is 32.2. The number of para-hydroxylation sites is 1. The number of H-pyrrole nitrogens is 1. The van der Waals surface area contributed by atoms with Crippen molar-refractivity contribution in [3.05, 3.63) is 36.0 Å². The van der Waals surface area contributed by atoms with Crippen LogP contribution in [0.5, 0.6) is 0 Å². The first-order valence-electron chi connectivity index (χ1n) is 5.50. The molecule has 1 aromatic carbocycles. The lowest BCUT2D eigenvalue weighted by atomic mass is 10.2. The maximum Gasteiger partial charge on any atom is 0.144 e. The lowest BCUT2D eigenvalue weighted by Crippen LogP contribution is -2.19. The summed E-state index contributed by atoms with van der Waals surface area (Å²) in [6, 6.07) is 7.99. The van der Waals surface area contributed by atoms with Crippen LogP contribution >= 0.6 is 0 Å². The largest absolute Gasteiger partial charge is 0.361 e. The van der Waals surface area contributed by atoms with E-state index in [1.807, 2.05) is 51.2 Å². The molecule has 17 heavy (non-hydrogen) atoms. The molecule has 1 heterocycles. The number of aromatic amines is 1. The van der Waals surface area contributed by atoms with E-state index in [4.69, 9.17) is 0 Å². The maximum absolute atomic E-state index is 11.8. The molecule has 2 rings (SSSR count). The predicted octanol–water partition coefficient (Wildman–Crippen LogP) is 3.05. The molecular weight excluding hydrogens is 232 g/mol. The normalized spacial score (nSPS) is 14.5. The quantitative estimate of drug-likeness (QED) is 0.816. The van der Waals surface area contributed by atoms with E-state index in [0.717, 1.165) is 16.5 Å². The molecule has 0 saturated heterocycles.